The van der Waals surface area contributed by atoms with Crippen LogP contribution in [-0.2, 0) is 23.0 Å². The van der Waals surface area contributed by atoms with Gasteiger partial charge in [0, 0.05) is 12.7 Å². The molecule has 0 fully saturated rings. The second-order valence-electron chi connectivity index (χ2n) is 4.63. The van der Waals surface area contributed by atoms with Crippen LogP contribution in [0.25, 0.3) is 10.4 Å². The molecule has 0 atom stereocenters. The van der Waals surface area contributed by atoms with E-state index in [1.165, 1.54) is 16.4 Å². The van der Waals surface area contributed by atoms with Gasteiger partial charge in [-0.15, -0.1) is 0 Å². The summed E-state index contributed by atoms with van der Waals surface area (Å²) in [5.41, 5.74) is 2.98. The topological polar surface area (TPSA) is 83.8 Å². The molecule has 1 heterocycles. The van der Waals surface area contributed by atoms with E-state index < -0.39 is 10.1 Å². The van der Waals surface area contributed by atoms with Crippen molar-refractivity contribution >= 4 is 43.0 Å². The molecule has 1 aromatic heterocycles. The van der Waals surface area contributed by atoms with E-state index in [0.29, 0.717) is 6.61 Å². The highest BCUT2D eigenvalue weighted by atomic mass is 32.9. The standard InChI is InChI=1S/C13H12O4S4.CH4O/c1-2-17-10-5-7-3-4-8-12(19-20-13(8)18)9(7)6-11(10)21(14,15)16;1-2/h5-6H,2-4H2,1H3,(H,14,15,16);2H,1H3. The Morgan fingerprint density at radius 3 is 2.57 bits per heavy atom. The monoisotopic (exact) mass is 392 g/mol. The van der Waals surface area contributed by atoms with Crippen LogP contribution in [0.1, 0.15) is 18.1 Å². The summed E-state index contributed by atoms with van der Waals surface area (Å²) in [5, 5.41) is 7.00. The fraction of sp³-hybridized carbons (Fsp3) is 0.357. The predicted octanol–water partition coefficient (Wildman–Crippen LogP) is 3.56. The highest BCUT2D eigenvalue weighted by molar-refractivity contribution is 7.86. The van der Waals surface area contributed by atoms with Crippen molar-refractivity contribution in [2.75, 3.05) is 13.7 Å². The van der Waals surface area contributed by atoms with E-state index in [9.17, 15) is 13.0 Å². The van der Waals surface area contributed by atoms with Crippen LogP contribution in [-0.4, -0.2) is 31.8 Å². The summed E-state index contributed by atoms with van der Waals surface area (Å²) in [6, 6.07) is 3.23. The number of benzene rings is 1. The number of rotatable bonds is 3. The lowest BCUT2D eigenvalue weighted by Gasteiger charge is -2.19. The molecule has 0 spiro atoms. The van der Waals surface area contributed by atoms with Crippen LogP contribution in [0.5, 0.6) is 5.75 Å². The Morgan fingerprint density at radius 1 is 1.26 bits per heavy atom. The normalized spacial score (nSPS) is 12.7. The molecule has 0 saturated heterocycles. The number of aliphatic hydroxyl groups excluding tert-OH is 1. The van der Waals surface area contributed by atoms with Crippen molar-refractivity contribution in [2.45, 2.75) is 24.7 Å². The summed E-state index contributed by atoms with van der Waals surface area (Å²) >= 11 is 5.31. The van der Waals surface area contributed by atoms with Gasteiger partial charge in [0.1, 0.15) is 14.5 Å². The molecular formula is C14H16O5S4. The maximum absolute atomic E-state index is 11.6. The molecule has 23 heavy (non-hydrogen) atoms. The third kappa shape index (κ3) is 3.65. The van der Waals surface area contributed by atoms with Crippen molar-refractivity contribution in [3.8, 4) is 16.2 Å². The Hall–Kier alpha value is -0.840. The Balaban J connectivity index is 0.000000924. The summed E-state index contributed by atoms with van der Waals surface area (Å²) in [6.07, 6.45) is 1.65. The van der Waals surface area contributed by atoms with Crippen molar-refractivity contribution in [1.29, 1.82) is 0 Å². The van der Waals surface area contributed by atoms with Crippen molar-refractivity contribution in [2.24, 2.45) is 0 Å². The third-order valence-corrected chi connectivity index (χ3v) is 7.41. The Morgan fingerprint density at radius 2 is 1.96 bits per heavy atom. The molecule has 0 bridgehead atoms. The molecule has 0 radical (unpaired) electrons. The summed E-state index contributed by atoms with van der Waals surface area (Å²) in [5.74, 6) is 0.209. The molecule has 9 heteroatoms. The molecule has 1 aromatic carbocycles. The zero-order valence-corrected chi connectivity index (χ0v) is 15.8. The second-order valence-corrected chi connectivity index (χ2v) is 8.83. The number of hydrogen-bond donors (Lipinski definition) is 2. The summed E-state index contributed by atoms with van der Waals surface area (Å²) < 4.78 is 38.8. The molecule has 0 saturated carbocycles. The van der Waals surface area contributed by atoms with E-state index in [-0.39, 0.29) is 10.6 Å². The zero-order chi connectivity index (χ0) is 17.2. The Bertz CT molecular complexity index is 864. The molecule has 0 unspecified atom stereocenters. The maximum atomic E-state index is 11.6. The largest absolute Gasteiger partial charge is 0.492 e. The summed E-state index contributed by atoms with van der Waals surface area (Å²) in [6.45, 7) is 2.11. The van der Waals surface area contributed by atoms with E-state index in [4.69, 9.17) is 22.1 Å². The smallest absolute Gasteiger partial charge is 0.298 e. The van der Waals surface area contributed by atoms with Crippen LogP contribution in [0.3, 0.4) is 0 Å². The average Bonchev–Trinajstić information content (AvgIpc) is 2.89. The number of aryl methyl sites for hydroxylation is 1. The highest BCUT2D eigenvalue weighted by Gasteiger charge is 2.25. The first-order chi connectivity index (χ1) is 10.9. The molecule has 0 aliphatic heterocycles. The first-order valence-corrected chi connectivity index (χ1v) is 10.8. The molecule has 2 N–H and O–H groups in total. The minimum absolute atomic E-state index is 0.180. The van der Waals surface area contributed by atoms with E-state index in [2.05, 4.69) is 0 Å². The third-order valence-electron chi connectivity index (χ3n) is 3.36. The molecular weight excluding hydrogens is 376 g/mol. The molecule has 5 nitrogen and oxygen atoms in total. The maximum Gasteiger partial charge on any atom is 0.298 e. The highest BCUT2D eigenvalue weighted by Crippen LogP contribution is 2.43. The lowest BCUT2D eigenvalue weighted by Crippen LogP contribution is -2.08. The van der Waals surface area contributed by atoms with Crippen LogP contribution in [0.2, 0.25) is 0 Å². The first-order valence-electron chi connectivity index (χ1n) is 6.76. The van der Waals surface area contributed by atoms with E-state index in [1.807, 2.05) is 0 Å². The number of fused-ring (bicyclic) bond motifs is 3. The van der Waals surface area contributed by atoms with Gasteiger partial charge < -0.3 is 9.84 Å². The SMILES string of the molecule is CCOc1cc2c(cc1S(=O)(=O)O)-c1ssc(=S)c1CC2.CO. The molecule has 126 valence electrons. The van der Waals surface area contributed by atoms with Crippen molar-refractivity contribution < 1.29 is 22.8 Å². The minimum Gasteiger partial charge on any atom is -0.492 e. The van der Waals surface area contributed by atoms with Crippen LogP contribution in [0, 0.1) is 3.82 Å². The lowest BCUT2D eigenvalue weighted by molar-refractivity contribution is 0.329. The fourth-order valence-corrected chi connectivity index (χ4v) is 6.12. The van der Waals surface area contributed by atoms with Gasteiger partial charge >= 0.3 is 0 Å². The van der Waals surface area contributed by atoms with Crippen LogP contribution >= 0.6 is 32.9 Å². The van der Waals surface area contributed by atoms with Gasteiger partial charge in [-0.05, 0) is 43.0 Å². The van der Waals surface area contributed by atoms with Gasteiger partial charge in [0.2, 0.25) is 0 Å². The number of aliphatic hydroxyl groups is 1. The minimum atomic E-state index is -4.33. The Kier molecular flexibility index (Phi) is 5.93. The zero-order valence-electron chi connectivity index (χ0n) is 12.5. The van der Waals surface area contributed by atoms with Crippen molar-refractivity contribution in [1.82, 2.24) is 0 Å². The van der Waals surface area contributed by atoms with Gasteiger partial charge in [0.25, 0.3) is 10.1 Å². The van der Waals surface area contributed by atoms with E-state index >= 15 is 0 Å². The number of ether oxygens (including phenoxy) is 1. The second kappa shape index (κ2) is 7.37. The lowest BCUT2D eigenvalue weighted by atomic mass is 9.92. The van der Waals surface area contributed by atoms with Crippen LogP contribution in [0.4, 0.5) is 0 Å². The van der Waals surface area contributed by atoms with E-state index in [1.54, 1.807) is 23.3 Å². The summed E-state index contributed by atoms with van der Waals surface area (Å²) in [7, 11) is -0.250. The summed E-state index contributed by atoms with van der Waals surface area (Å²) in [4.78, 5) is 0.833. The van der Waals surface area contributed by atoms with Crippen LogP contribution in [0.15, 0.2) is 17.0 Å². The van der Waals surface area contributed by atoms with Gasteiger partial charge in [-0.2, -0.15) is 8.42 Å². The molecule has 0 amide bonds. The number of hydrogen-bond acceptors (Lipinski definition) is 7. The Labute approximate surface area is 147 Å². The molecule has 3 rings (SSSR count). The van der Waals surface area contributed by atoms with Gasteiger partial charge in [-0.25, -0.2) is 0 Å². The quantitative estimate of drug-likeness (QED) is 0.472. The first kappa shape index (κ1) is 18.5. The van der Waals surface area contributed by atoms with Gasteiger partial charge in [-0.3, -0.25) is 4.55 Å². The predicted molar refractivity (Wildman–Crippen MR) is 95.0 cm³/mol. The van der Waals surface area contributed by atoms with Crippen molar-refractivity contribution in [3.63, 3.8) is 0 Å². The average molecular weight is 393 g/mol. The van der Waals surface area contributed by atoms with Gasteiger partial charge in [0.15, 0.2) is 0 Å². The fourth-order valence-electron chi connectivity index (χ4n) is 2.45. The van der Waals surface area contributed by atoms with E-state index in [0.717, 1.165) is 45.3 Å². The van der Waals surface area contributed by atoms with Crippen LogP contribution < -0.4 is 4.74 Å². The van der Waals surface area contributed by atoms with Gasteiger partial charge in [0.05, 0.1) is 11.5 Å². The van der Waals surface area contributed by atoms with Crippen molar-refractivity contribution in [3.05, 3.63) is 27.1 Å². The molecule has 1 aliphatic carbocycles. The molecule has 2 aromatic rings. The van der Waals surface area contributed by atoms with Gasteiger partial charge in [-0.1, -0.05) is 32.9 Å². The molecule has 1 aliphatic rings.